The Morgan fingerprint density at radius 1 is 1.00 bits per heavy atom. The van der Waals surface area contributed by atoms with Gasteiger partial charge in [-0.05, 0) is 19.3 Å². The smallest absolute Gasteiger partial charge is 0.0540 e. The molecule has 0 aliphatic rings. The molecular formula is C10H22O3. The first kappa shape index (κ1) is 12.9. The van der Waals surface area contributed by atoms with E-state index in [2.05, 4.69) is 6.92 Å². The number of aliphatic hydroxyl groups excluding tert-OH is 3. The van der Waals surface area contributed by atoms with Crippen molar-refractivity contribution in [3.63, 3.8) is 0 Å². The molecule has 0 saturated heterocycles. The molecule has 0 aromatic rings. The van der Waals surface area contributed by atoms with Gasteiger partial charge in [-0.15, -0.1) is 0 Å². The molecule has 1 unspecified atom stereocenters. The Labute approximate surface area is 80.4 Å². The molecule has 3 heteroatoms. The summed E-state index contributed by atoms with van der Waals surface area (Å²) in [6.07, 6.45) is 4.11. The third-order valence-corrected chi connectivity index (χ3v) is 2.32. The van der Waals surface area contributed by atoms with Crippen LogP contribution in [0.5, 0.6) is 0 Å². The molecule has 1 atom stereocenters. The van der Waals surface area contributed by atoms with Gasteiger partial charge in [0.1, 0.15) is 0 Å². The molecule has 80 valence electrons. The van der Waals surface area contributed by atoms with Gasteiger partial charge in [0, 0.05) is 19.1 Å². The first-order valence-corrected chi connectivity index (χ1v) is 5.14. The van der Waals surface area contributed by atoms with Gasteiger partial charge in [0.15, 0.2) is 0 Å². The van der Waals surface area contributed by atoms with E-state index in [1.807, 2.05) is 0 Å². The number of rotatable bonds is 8. The normalized spacial score (nSPS) is 13.6. The summed E-state index contributed by atoms with van der Waals surface area (Å²) in [5, 5.41) is 27.0. The van der Waals surface area contributed by atoms with Crippen LogP contribution in [0.2, 0.25) is 0 Å². The summed E-state index contributed by atoms with van der Waals surface area (Å²) < 4.78 is 0. The molecule has 0 spiro atoms. The van der Waals surface area contributed by atoms with Gasteiger partial charge < -0.3 is 15.3 Å². The minimum atomic E-state index is -0.263. The lowest BCUT2D eigenvalue weighted by Gasteiger charge is -2.14. The second-order valence-corrected chi connectivity index (χ2v) is 3.60. The summed E-state index contributed by atoms with van der Waals surface area (Å²) >= 11 is 0. The SMILES string of the molecule is CCCCC(O)CCC(CO)CO. The summed E-state index contributed by atoms with van der Waals surface area (Å²) in [4.78, 5) is 0. The largest absolute Gasteiger partial charge is 0.396 e. The van der Waals surface area contributed by atoms with Crippen molar-refractivity contribution in [2.75, 3.05) is 13.2 Å². The Hall–Kier alpha value is -0.120. The maximum Gasteiger partial charge on any atom is 0.0540 e. The third kappa shape index (κ3) is 6.99. The number of hydrogen-bond donors (Lipinski definition) is 3. The summed E-state index contributed by atoms with van der Waals surface area (Å²) in [5.41, 5.74) is 0. The van der Waals surface area contributed by atoms with Crippen LogP contribution in [0.25, 0.3) is 0 Å². The van der Waals surface area contributed by atoms with E-state index < -0.39 is 0 Å². The Bertz CT molecular complexity index is 102. The Balaban J connectivity index is 3.38. The molecule has 0 radical (unpaired) electrons. The maximum atomic E-state index is 9.46. The molecule has 0 rings (SSSR count). The van der Waals surface area contributed by atoms with E-state index in [1.165, 1.54) is 0 Å². The monoisotopic (exact) mass is 190 g/mol. The Kier molecular flexibility index (Phi) is 8.40. The van der Waals surface area contributed by atoms with E-state index in [4.69, 9.17) is 10.2 Å². The topological polar surface area (TPSA) is 60.7 Å². The zero-order chi connectivity index (χ0) is 10.1. The van der Waals surface area contributed by atoms with Crippen LogP contribution in [0.4, 0.5) is 0 Å². The lowest BCUT2D eigenvalue weighted by atomic mass is 10.00. The van der Waals surface area contributed by atoms with Crippen LogP contribution in [0.15, 0.2) is 0 Å². The molecule has 0 amide bonds. The third-order valence-electron chi connectivity index (χ3n) is 2.32. The van der Waals surface area contributed by atoms with Gasteiger partial charge in [0.05, 0.1) is 6.10 Å². The standard InChI is InChI=1S/C10H22O3/c1-2-3-4-10(13)6-5-9(7-11)8-12/h9-13H,2-8H2,1H3. The average Bonchev–Trinajstić information content (AvgIpc) is 2.16. The summed E-state index contributed by atoms with van der Waals surface area (Å²) in [6.45, 7) is 2.12. The van der Waals surface area contributed by atoms with Crippen LogP contribution in [0, 0.1) is 5.92 Å². The van der Waals surface area contributed by atoms with Crippen molar-refractivity contribution < 1.29 is 15.3 Å². The second kappa shape index (κ2) is 8.48. The van der Waals surface area contributed by atoms with Crippen molar-refractivity contribution in [2.24, 2.45) is 5.92 Å². The zero-order valence-electron chi connectivity index (χ0n) is 8.45. The molecule has 3 N–H and O–H groups in total. The summed E-state index contributed by atoms with van der Waals surface area (Å²) in [7, 11) is 0. The predicted molar refractivity (Wildman–Crippen MR) is 52.4 cm³/mol. The highest BCUT2D eigenvalue weighted by atomic mass is 16.3. The van der Waals surface area contributed by atoms with E-state index in [0.717, 1.165) is 19.3 Å². The fourth-order valence-corrected chi connectivity index (χ4v) is 1.25. The molecule has 0 aliphatic carbocycles. The van der Waals surface area contributed by atoms with E-state index in [1.54, 1.807) is 0 Å². The van der Waals surface area contributed by atoms with Gasteiger partial charge in [-0.25, -0.2) is 0 Å². The van der Waals surface area contributed by atoms with Gasteiger partial charge in [-0.2, -0.15) is 0 Å². The van der Waals surface area contributed by atoms with E-state index in [-0.39, 0.29) is 25.2 Å². The van der Waals surface area contributed by atoms with Crippen molar-refractivity contribution in [3.05, 3.63) is 0 Å². The van der Waals surface area contributed by atoms with Crippen molar-refractivity contribution in [2.45, 2.75) is 45.1 Å². The number of aliphatic hydroxyl groups is 3. The lowest BCUT2D eigenvalue weighted by molar-refractivity contribution is 0.107. The van der Waals surface area contributed by atoms with Crippen LogP contribution >= 0.6 is 0 Å². The second-order valence-electron chi connectivity index (χ2n) is 3.60. The van der Waals surface area contributed by atoms with E-state index in [0.29, 0.717) is 12.8 Å². The van der Waals surface area contributed by atoms with Crippen LogP contribution in [-0.4, -0.2) is 34.6 Å². The highest BCUT2D eigenvalue weighted by Crippen LogP contribution is 2.11. The van der Waals surface area contributed by atoms with Crippen molar-refractivity contribution in [1.82, 2.24) is 0 Å². The summed E-state index contributed by atoms with van der Waals surface area (Å²) in [6, 6.07) is 0. The number of hydrogen-bond acceptors (Lipinski definition) is 3. The minimum absolute atomic E-state index is 0.0109. The molecule has 0 heterocycles. The molecule has 0 fully saturated rings. The van der Waals surface area contributed by atoms with Crippen LogP contribution < -0.4 is 0 Å². The van der Waals surface area contributed by atoms with Gasteiger partial charge in [0.2, 0.25) is 0 Å². The van der Waals surface area contributed by atoms with Crippen molar-refractivity contribution >= 4 is 0 Å². The van der Waals surface area contributed by atoms with Gasteiger partial charge in [-0.1, -0.05) is 19.8 Å². The molecule has 0 aromatic heterocycles. The predicted octanol–water partition coefficient (Wildman–Crippen LogP) is 0.918. The van der Waals surface area contributed by atoms with Gasteiger partial charge in [-0.3, -0.25) is 0 Å². The minimum Gasteiger partial charge on any atom is -0.396 e. The molecule has 0 bridgehead atoms. The van der Waals surface area contributed by atoms with Gasteiger partial charge >= 0.3 is 0 Å². The molecule has 0 aromatic carbocycles. The van der Waals surface area contributed by atoms with Crippen molar-refractivity contribution in [1.29, 1.82) is 0 Å². The van der Waals surface area contributed by atoms with Crippen molar-refractivity contribution in [3.8, 4) is 0 Å². The van der Waals surface area contributed by atoms with Crippen LogP contribution in [0.1, 0.15) is 39.0 Å². The first-order chi connectivity index (χ1) is 6.24. The number of unbranched alkanes of at least 4 members (excludes halogenated alkanes) is 1. The van der Waals surface area contributed by atoms with E-state index in [9.17, 15) is 5.11 Å². The molecule has 13 heavy (non-hydrogen) atoms. The maximum absolute atomic E-state index is 9.46. The highest BCUT2D eigenvalue weighted by Gasteiger charge is 2.09. The zero-order valence-corrected chi connectivity index (χ0v) is 8.45. The van der Waals surface area contributed by atoms with Crippen LogP contribution in [-0.2, 0) is 0 Å². The fourth-order valence-electron chi connectivity index (χ4n) is 1.25. The van der Waals surface area contributed by atoms with E-state index >= 15 is 0 Å². The fraction of sp³-hybridized carbons (Fsp3) is 1.00. The molecule has 0 aliphatic heterocycles. The Morgan fingerprint density at radius 2 is 1.62 bits per heavy atom. The van der Waals surface area contributed by atoms with Crippen LogP contribution in [0.3, 0.4) is 0 Å². The molecule has 3 nitrogen and oxygen atoms in total. The van der Waals surface area contributed by atoms with Gasteiger partial charge in [0.25, 0.3) is 0 Å². The quantitative estimate of drug-likeness (QED) is 0.533. The summed E-state index contributed by atoms with van der Waals surface area (Å²) in [5.74, 6) is -0.0590. The highest BCUT2D eigenvalue weighted by molar-refractivity contribution is 4.61. The molecular weight excluding hydrogens is 168 g/mol. The molecule has 0 saturated carbocycles. The lowest BCUT2D eigenvalue weighted by Crippen LogP contribution is -2.15. The average molecular weight is 190 g/mol. The first-order valence-electron chi connectivity index (χ1n) is 5.14. The Morgan fingerprint density at radius 3 is 2.08 bits per heavy atom.